The molecular formula is C13H25NO3. The molecule has 0 amide bonds. The van der Waals surface area contributed by atoms with Crippen LogP contribution in [0.15, 0.2) is 0 Å². The fraction of sp³-hybridized carbons (Fsp3) is 0.923. The number of aliphatic hydroxyl groups excluding tert-OH is 1. The molecule has 17 heavy (non-hydrogen) atoms. The fourth-order valence-electron chi connectivity index (χ4n) is 2.42. The Morgan fingerprint density at radius 2 is 2.29 bits per heavy atom. The summed E-state index contributed by atoms with van der Waals surface area (Å²) in [6.45, 7) is 8.36. The van der Waals surface area contributed by atoms with E-state index in [1.165, 1.54) is 0 Å². The molecule has 0 aromatic rings. The minimum atomic E-state index is -0.277. The van der Waals surface area contributed by atoms with Crippen LogP contribution in [-0.4, -0.2) is 54.7 Å². The molecule has 100 valence electrons. The Kier molecular flexibility index (Phi) is 5.56. The van der Waals surface area contributed by atoms with Crippen LogP contribution in [0.4, 0.5) is 0 Å². The van der Waals surface area contributed by atoms with Gasteiger partial charge >= 0.3 is 0 Å². The largest absolute Gasteiger partial charge is 0.394 e. The van der Waals surface area contributed by atoms with Crippen LogP contribution >= 0.6 is 0 Å². The van der Waals surface area contributed by atoms with Gasteiger partial charge in [0.2, 0.25) is 0 Å². The third-order valence-corrected chi connectivity index (χ3v) is 3.51. The Labute approximate surface area is 104 Å². The molecule has 3 unspecified atom stereocenters. The molecule has 1 rings (SSSR count). The first-order valence-electron chi connectivity index (χ1n) is 6.47. The number of aldehydes is 1. The van der Waals surface area contributed by atoms with Crippen LogP contribution < -0.4 is 0 Å². The van der Waals surface area contributed by atoms with Crippen LogP contribution in [0.5, 0.6) is 0 Å². The number of carbonyl (C=O) groups excluding carboxylic acids is 1. The first kappa shape index (κ1) is 14.6. The first-order chi connectivity index (χ1) is 8.04. The number of carbonyl (C=O) groups is 1. The molecule has 0 spiro atoms. The number of ether oxygens (including phenoxy) is 1. The molecule has 4 heteroatoms. The lowest BCUT2D eigenvalue weighted by Gasteiger charge is -2.41. The van der Waals surface area contributed by atoms with Crippen molar-refractivity contribution >= 4 is 6.29 Å². The average molecular weight is 243 g/mol. The molecule has 4 nitrogen and oxygen atoms in total. The van der Waals surface area contributed by atoms with E-state index in [-0.39, 0.29) is 18.1 Å². The molecular weight excluding hydrogens is 218 g/mol. The van der Waals surface area contributed by atoms with Crippen molar-refractivity contribution in [3.8, 4) is 0 Å². The maximum Gasteiger partial charge on any atom is 0.127 e. The molecule has 0 saturated carbocycles. The molecule has 1 aliphatic heterocycles. The number of morpholine rings is 1. The minimum Gasteiger partial charge on any atom is -0.394 e. The first-order valence-corrected chi connectivity index (χ1v) is 6.47. The monoisotopic (exact) mass is 243 g/mol. The van der Waals surface area contributed by atoms with E-state index in [2.05, 4.69) is 18.7 Å². The van der Waals surface area contributed by atoms with Gasteiger partial charge in [-0.25, -0.2) is 0 Å². The van der Waals surface area contributed by atoms with Crippen LogP contribution in [0.1, 0.15) is 33.6 Å². The highest BCUT2D eigenvalue weighted by atomic mass is 16.5. The molecule has 1 saturated heterocycles. The summed E-state index contributed by atoms with van der Waals surface area (Å²) in [5.74, 6) is 0. The van der Waals surface area contributed by atoms with E-state index in [4.69, 9.17) is 9.84 Å². The van der Waals surface area contributed by atoms with Crippen molar-refractivity contribution in [1.29, 1.82) is 0 Å². The molecule has 1 aliphatic rings. The van der Waals surface area contributed by atoms with Gasteiger partial charge in [0.05, 0.1) is 19.3 Å². The van der Waals surface area contributed by atoms with Crippen molar-refractivity contribution in [2.24, 2.45) is 5.41 Å². The maximum atomic E-state index is 11.2. The molecule has 1 N–H and O–H groups in total. The van der Waals surface area contributed by atoms with Gasteiger partial charge in [-0.05, 0) is 13.3 Å². The van der Waals surface area contributed by atoms with Crippen LogP contribution in [0, 0.1) is 5.41 Å². The van der Waals surface area contributed by atoms with Gasteiger partial charge in [0.15, 0.2) is 0 Å². The average Bonchev–Trinajstić information content (AvgIpc) is 2.32. The third kappa shape index (κ3) is 4.05. The fourth-order valence-corrected chi connectivity index (χ4v) is 2.42. The second-order valence-electron chi connectivity index (χ2n) is 5.44. The topological polar surface area (TPSA) is 49.8 Å². The molecule has 1 heterocycles. The Morgan fingerprint density at radius 1 is 1.59 bits per heavy atom. The Hall–Kier alpha value is -0.450. The second-order valence-corrected chi connectivity index (χ2v) is 5.44. The number of aliphatic hydroxyl groups is 1. The molecule has 0 bridgehead atoms. The summed E-state index contributed by atoms with van der Waals surface area (Å²) in [6, 6.07) is 0.314. The number of nitrogens with zero attached hydrogens (tertiary/aromatic N) is 1. The van der Waals surface area contributed by atoms with Gasteiger partial charge in [0, 0.05) is 24.5 Å². The second kappa shape index (κ2) is 6.47. The van der Waals surface area contributed by atoms with Crippen molar-refractivity contribution in [2.45, 2.75) is 45.8 Å². The van der Waals surface area contributed by atoms with E-state index >= 15 is 0 Å². The summed E-state index contributed by atoms with van der Waals surface area (Å²) in [5.41, 5.74) is -0.277. The van der Waals surface area contributed by atoms with Crippen LogP contribution in [0.3, 0.4) is 0 Å². The van der Waals surface area contributed by atoms with Crippen molar-refractivity contribution in [3.63, 3.8) is 0 Å². The smallest absolute Gasteiger partial charge is 0.127 e. The number of hydrogen-bond acceptors (Lipinski definition) is 4. The van der Waals surface area contributed by atoms with E-state index in [1.807, 2.05) is 6.92 Å². The molecule has 3 atom stereocenters. The zero-order valence-electron chi connectivity index (χ0n) is 11.2. The molecule has 0 aliphatic carbocycles. The minimum absolute atomic E-state index is 0.0504. The van der Waals surface area contributed by atoms with Gasteiger partial charge in [-0.15, -0.1) is 0 Å². The highest BCUT2D eigenvalue weighted by Crippen LogP contribution is 2.24. The standard InChI is InChI=1S/C13H25NO3/c1-4-5-13(3,10-16)9-14-6-12(7-15)17-8-11(14)2/h10-12,15H,4-9H2,1-3H3. The lowest BCUT2D eigenvalue weighted by atomic mass is 9.86. The Bertz CT molecular complexity index is 247. The van der Waals surface area contributed by atoms with E-state index in [0.717, 1.165) is 25.7 Å². The number of hydrogen-bond donors (Lipinski definition) is 1. The van der Waals surface area contributed by atoms with Gasteiger partial charge < -0.3 is 14.6 Å². The predicted molar refractivity (Wildman–Crippen MR) is 66.9 cm³/mol. The lowest BCUT2D eigenvalue weighted by molar-refractivity contribution is -0.121. The number of rotatable bonds is 6. The molecule has 0 aromatic heterocycles. The highest BCUT2D eigenvalue weighted by Gasteiger charge is 2.32. The lowest BCUT2D eigenvalue weighted by Crippen LogP contribution is -2.52. The molecule has 1 fully saturated rings. The van der Waals surface area contributed by atoms with Gasteiger partial charge in [-0.2, -0.15) is 0 Å². The summed E-state index contributed by atoms with van der Waals surface area (Å²) in [6.07, 6.45) is 2.89. The summed E-state index contributed by atoms with van der Waals surface area (Å²) in [5, 5.41) is 9.13. The predicted octanol–water partition coefficient (Wildman–Crippen LogP) is 1.07. The maximum absolute atomic E-state index is 11.2. The summed E-state index contributed by atoms with van der Waals surface area (Å²) in [7, 11) is 0. The summed E-state index contributed by atoms with van der Waals surface area (Å²) >= 11 is 0. The van der Waals surface area contributed by atoms with Gasteiger partial charge in [-0.1, -0.05) is 20.3 Å². The van der Waals surface area contributed by atoms with E-state index < -0.39 is 0 Å². The van der Waals surface area contributed by atoms with Crippen molar-refractivity contribution < 1.29 is 14.6 Å². The molecule has 0 radical (unpaired) electrons. The molecule has 0 aromatic carbocycles. The van der Waals surface area contributed by atoms with E-state index in [0.29, 0.717) is 19.2 Å². The SMILES string of the molecule is CCCC(C)(C=O)CN1CC(CO)OCC1C. The van der Waals surface area contributed by atoms with Crippen LogP contribution in [0.25, 0.3) is 0 Å². The van der Waals surface area contributed by atoms with E-state index in [1.54, 1.807) is 0 Å². The Balaban J connectivity index is 2.60. The van der Waals surface area contributed by atoms with Crippen LogP contribution in [-0.2, 0) is 9.53 Å². The van der Waals surface area contributed by atoms with Gasteiger partial charge in [-0.3, -0.25) is 4.90 Å². The quantitative estimate of drug-likeness (QED) is 0.709. The highest BCUT2D eigenvalue weighted by molar-refractivity contribution is 5.59. The van der Waals surface area contributed by atoms with Crippen molar-refractivity contribution in [2.75, 3.05) is 26.3 Å². The van der Waals surface area contributed by atoms with Gasteiger partial charge in [0.25, 0.3) is 0 Å². The summed E-state index contributed by atoms with van der Waals surface area (Å²) in [4.78, 5) is 13.5. The Morgan fingerprint density at radius 3 is 2.82 bits per heavy atom. The van der Waals surface area contributed by atoms with Gasteiger partial charge in [0.1, 0.15) is 6.29 Å². The summed E-state index contributed by atoms with van der Waals surface area (Å²) < 4.78 is 5.50. The third-order valence-electron chi connectivity index (χ3n) is 3.51. The zero-order valence-corrected chi connectivity index (χ0v) is 11.2. The zero-order chi connectivity index (χ0) is 12.9. The van der Waals surface area contributed by atoms with Crippen LogP contribution in [0.2, 0.25) is 0 Å². The van der Waals surface area contributed by atoms with E-state index in [9.17, 15) is 4.79 Å². The normalized spacial score (nSPS) is 29.9. The van der Waals surface area contributed by atoms with Crippen molar-refractivity contribution in [1.82, 2.24) is 4.90 Å². The van der Waals surface area contributed by atoms with Crippen molar-refractivity contribution in [3.05, 3.63) is 0 Å².